The topological polar surface area (TPSA) is 47.3 Å². The van der Waals surface area contributed by atoms with E-state index < -0.39 is 6.61 Å². The number of thiophene rings is 1. The molecule has 0 aliphatic heterocycles. The summed E-state index contributed by atoms with van der Waals surface area (Å²) in [4.78, 5) is 2.26. The van der Waals surface area contributed by atoms with Crippen LogP contribution in [0.4, 0.5) is 8.78 Å². The van der Waals surface area contributed by atoms with E-state index in [9.17, 15) is 8.78 Å². The van der Waals surface area contributed by atoms with Crippen molar-refractivity contribution in [1.82, 2.24) is 5.43 Å². The van der Waals surface area contributed by atoms with Gasteiger partial charge in [-0.15, -0.1) is 11.3 Å². The Bertz CT molecular complexity index is 528. The SMILES string of the molecule is Cc1ccc(C(NN)c2ccc(OC(F)F)cc2)s1. The minimum absolute atomic E-state index is 0.136. The molecule has 0 bridgehead atoms. The average Bonchev–Trinajstić information content (AvgIpc) is 2.78. The summed E-state index contributed by atoms with van der Waals surface area (Å²) in [6.07, 6.45) is 0. The van der Waals surface area contributed by atoms with E-state index in [2.05, 4.69) is 10.2 Å². The highest BCUT2D eigenvalue weighted by molar-refractivity contribution is 7.12. The van der Waals surface area contributed by atoms with E-state index in [1.54, 1.807) is 23.5 Å². The third-order valence-corrected chi connectivity index (χ3v) is 3.72. The molecule has 0 amide bonds. The summed E-state index contributed by atoms with van der Waals surface area (Å²) < 4.78 is 28.4. The van der Waals surface area contributed by atoms with Crippen molar-refractivity contribution in [2.45, 2.75) is 19.6 Å². The average molecular weight is 284 g/mol. The second kappa shape index (κ2) is 6.10. The second-order valence-corrected chi connectivity index (χ2v) is 5.32. The smallest absolute Gasteiger partial charge is 0.387 e. The fraction of sp³-hybridized carbons (Fsp3) is 0.231. The summed E-state index contributed by atoms with van der Waals surface area (Å²) in [5.74, 6) is 5.71. The maximum atomic E-state index is 12.1. The van der Waals surface area contributed by atoms with Gasteiger partial charge in [-0.3, -0.25) is 5.84 Å². The van der Waals surface area contributed by atoms with Crippen molar-refractivity contribution in [3.8, 4) is 5.75 Å². The zero-order valence-corrected chi connectivity index (χ0v) is 11.1. The zero-order chi connectivity index (χ0) is 13.8. The van der Waals surface area contributed by atoms with Crippen LogP contribution in [0.15, 0.2) is 36.4 Å². The van der Waals surface area contributed by atoms with Crippen molar-refractivity contribution >= 4 is 11.3 Å². The Morgan fingerprint density at radius 1 is 1.16 bits per heavy atom. The lowest BCUT2D eigenvalue weighted by molar-refractivity contribution is -0.0498. The molecule has 0 aliphatic rings. The van der Waals surface area contributed by atoms with Crippen LogP contribution >= 0.6 is 11.3 Å². The van der Waals surface area contributed by atoms with Crippen molar-refractivity contribution < 1.29 is 13.5 Å². The summed E-state index contributed by atoms with van der Waals surface area (Å²) in [7, 11) is 0. The van der Waals surface area contributed by atoms with Crippen molar-refractivity contribution in [3.63, 3.8) is 0 Å². The number of benzene rings is 1. The Morgan fingerprint density at radius 2 is 1.84 bits per heavy atom. The van der Waals surface area contributed by atoms with Crippen LogP contribution in [0.25, 0.3) is 0 Å². The molecule has 3 N–H and O–H groups in total. The Morgan fingerprint density at radius 3 is 2.32 bits per heavy atom. The standard InChI is InChI=1S/C13H14F2N2OS/c1-8-2-7-11(19-8)12(17-16)9-3-5-10(6-4-9)18-13(14)15/h2-7,12-13,17H,16H2,1H3. The molecule has 102 valence electrons. The largest absolute Gasteiger partial charge is 0.435 e. The fourth-order valence-corrected chi connectivity index (χ4v) is 2.76. The number of halogens is 2. The molecule has 6 heteroatoms. The molecule has 2 aromatic rings. The molecule has 1 atom stereocenters. The highest BCUT2D eigenvalue weighted by Gasteiger charge is 2.14. The van der Waals surface area contributed by atoms with E-state index in [1.165, 1.54) is 17.0 Å². The van der Waals surface area contributed by atoms with E-state index in [1.807, 2.05) is 19.1 Å². The number of aryl methyl sites for hydroxylation is 1. The van der Waals surface area contributed by atoms with Crippen LogP contribution in [0.1, 0.15) is 21.4 Å². The molecule has 0 radical (unpaired) electrons. The lowest BCUT2D eigenvalue weighted by Crippen LogP contribution is -2.28. The van der Waals surface area contributed by atoms with Crippen LogP contribution in [0.3, 0.4) is 0 Å². The maximum absolute atomic E-state index is 12.1. The van der Waals surface area contributed by atoms with Gasteiger partial charge in [-0.25, -0.2) is 5.43 Å². The number of nitrogens with two attached hydrogens (primary N) is 1. The van der Waals surface area contributed by atoms with E-state index in [-0.39, 0.29) is 11.8 Å². The quantitative estimate of drug-likeness (QED) is 0.654. The third kappa shape index (κ3) is 3.50. The number of rotatable bonds is 5. The zero-order valence-electron chi connectivity index (χ0n) is 10.3. The molecule has 19 heavy (non-hydrogen) atoms. The first kappa shape index (κ1) is 13.9. The lowest BCUT2D eigenvalue weighted by atomic mass is 10.1. The molecule has 0 aliphatic carbocycles. The van der Waals surface area contributed by atoms with E-state index in [4.69, 9.17) is 5.84 Å². The second-order valence-electron chi connectivity index (χ2n) is 4.00. The molecule has 3 nitrogen and oxygen atoms in total. The Labute approximate surface area is 114 Å². The molecule has 2 rings (SSSR count). The lowest BCUT2D eigenvalue weighted by Gasteiger charge is -2.15. The first-order valence-electron chi connectivity index (χ1n) is 5.67. The van der Waals surface area contributed by atoms with Gasteiger partial charge in [0, 0.05) is 9.75 Å². The first-order valence-corrected chi connectivity index (χ1v) is 6.49. The Hall–Kier alpha value is -1.50. The molecule has 1 aromatic carbocycles. The number of hydrazine groups is 1. The van der Waals surface area contributed by atoms with Crippen LogP contribution in [-0.4, -0.2) is 6.61 Å². The highest BCUT2D eigenvalue weighted by Crippen LogP contribution is 2.28. The number of hydrogen-bond acceptors (Lipinski definition) is 4. The normalized spacial score (nSPS) is 12.7. The third-order valence-electron chi connectivity index (χ3n) is 2.65. The number of nitrogens with one attached hydrogen (secondary N) is 1. The van der Waals surface area contributed by atoms with Gasteiger partial charge in [-0.2, -0.15) is 8.78 Å². The van der Waals surface area contributed by atoms with Crippen molar-refractivity contribution in [3.05, 3.63) is 51.7 Å². The maximum Gasteiger partial charge on any atom is 0.387 e. The van der Waals surface area contributed by atoms with E-state index in [0.717, 1.165) is 10.4 Å². The predicted molar refractivity (Wildman–Crippen MR) is 71.3 cm³/mol. The van der Waals surface area contributed by atoms with Gasteiger partial charge >= 0.3 is 6.61 Å². The predicted octanol–water partition coefficient (Wildman–Crippen LogP) is 3.21. The molecule has 0 fully saturated rings. The first-order chi connectivity index (χ1) is 9.10. The summed E-state index contributed by atoms with van der Waals surface area (Å²) in [5.41, 5.74) is 3.62. The Kier molecular flexibility index (Phi) is 4.47. The van der Waals surface area contributed by atoms with E-state index in [0.29, 0.717) is 0 Å². The molecule has 1 unspecified atom stereocenters. The molecular formula is C13H14F2N2OS. The molecule has 0 saturated carbocycles. The van der Waals surface area contributed by atoms with Gasteiger partial charge in [0.25, 0.3) is 0 Å². The van der Waals surface area contributed by atoms with Gasteiger partial charge in [0.2, 0.25) is 0 Å². The monoisotopic (exact) mass is 284 g/mol. The molecular weight excluding hydrogens is 270 g/mol. The molecule has 1 heterocycles. The van der Waals surface area contributed by atoms with Crippen molar-refractivity contribution in [2.75, 3.05) is 0 Å². The van der Waals surface area contributed by atoms with Crippen LogP contribution in [0.5, 0.6) is 5.75 Å². The minimum Gasteiger partial charge on any atom is -0.435 e. The van der Waals surface area contributed by atoms with Crippen LogP contribution in [-0.2, 0) is 0 Å². The van der Waals surface area contributed by atoms with Gasteiger partial charge in [-0.1, -0.05) is 12.1 Å². The van der Waals surface area contributed by atoms with E-state index >= 15 is 0 Å². The number of ether oxygens (including phenoxy) is 1. The molecule has 1 aromatic heterocycles. The van der Waals surface area contributed by atoms with Gasteiger partial charge in [0.15, 0.2) is 0 Å². The molecule has 0 spiro atoms. The number of hydrogen-bond donors (Lipinski definition) is 2. The summed E-state index contributed by atoms with van der Waals surface area (Å²) in [6, 6.07) is 10.3. The summed E-state index contributed by atoms with van der Waals surface area (Å²) in [6.45, 7) is -0.796. The number of alkyl halides is 2. The van der Waals surface area contributed by atoms with Crippen molar-refractivity contribution in [1.29, 1.82) is 0 Å². The molecule has 0 saturated heterocycles. The van der Waals surface area contributed by atoms with Gasteiger partial charge in [0.1, 0.15) is 5.75 Å². The highest BCUT2D eigenvalue weighted by atomic mass is 32.1. The minimum atomic E-state index is -2.81. The van der Waals surface area contributed by atoms with Crippen molar-refractivity contribution in [2.24, 2.45) is 5.84 Å². The van der Waals surface area contributed by atoms with Crippen LogP contribution in [0, 0.1) is 6.92 Å². The van der Waals surface area contributed by atoms with Crippen LogP contribution in [0.2, 0.25) is 0 Å². The Balaban J connectivity index is 2.19. The van der Waals surface area contributed by atoms with Gasteiger partial charge in [-0.05, 0) is 36.8 Å². The summed E-state index contributed by atoms with van der Waals surface area (Å²) in [5, 5.41) is 0. The fourth-order valence-electron chi connectivity index (χ4n) is 1.79. The van der Waals surface area contributed by atoms with Gasteiger partial charge in [0.05, 0.1) is 6.04 Å². The van der Waals surface area contributed by atoms with Gasteiger partial charge < -0.3 is 4.74 Å². The summed E-state index contributed by atoms with van der Waals surface area (Å²) >= 11 is 1.64. The van der Waals surface area contributed by atoms with Crippen LogP contribution < -0.4 is 16.0 Å².